The maximum Gasteiger partial charge on any atom is 0.343 e. The largest absolute Gasteiger partial charge is 0.494 e. The standard InChI is InChI=1S/C42H58O5/c1-4-6-8-9-10-11-12-13-14-15-16-17-18-21-33-45-38-31-29-36(30-32-38)35-25-27-37(28-26-35)41(43)47-40-24-20-19-23-39(40)42(44)46-34(3)22-7-5-2/h19-20,23-32,34H,4-18,21-22,33H2,1-3H3. The molecule has 0 saturated carbocycles. The van der Waals surface area contributed by atoms with E-state index < -0.39 is 11.9 Å². The third-order valence-electron chi connectivity index (χ3n) is 8.66. The highest BCUT2D eigenvalue weighted by atomic mass is 16.6. The molecule has 0 fully saturated rings. The lowest BCUT2D eigenvalue weighted by atomic mass is 10.0. The average Bonchev–Trinajstić information content (AvgIpc) is 3.09. The van der Waals surface area contributed by atoms with Gasteiger partial charge in [0.05, 0.1) is 18.3 Å². The lowest BCUT2D eigenvalue weighted by molar-refractivity contribution is 0.0316. The third-order valence-corrected chi connectivity index (χ3v) is 8.66. The van der Waals surface area contributed by atoms with Gasteiger partial charge in [-0.1, -0.05) is 147 Å². The van der Waals surface area contributed by atoms with Crippen LogP contribution in [-0.2, 0) is 4.74 Å². The van der Waals surface area contributed by atoms with Crippen molar-refractivity contribution in [1.82, 2.24) is 0 Å². The van der Waals surface area contributed by atoms with Gasteiger partial charge >= 0.3 is 11.9 Å². The Morgan fingerprint density at radius 3 is 1.66 bits per heavy atom. The van der Waals surface area contributed by atoms with Gasteiger partial charge in [0.15, 0.2) is 0 Å². The van der Waals surface area contributed by atoms with Gasteiger partial charge in [0.25, 0.3) is 0 Å². The molecule has 0 aromatic heterocycles. The molecule has 47 heavy (non-hydrogen) atoms. The van der Waals surface area contributed by atoms with Gasteiger partial charge in [-0.05, 0) is 67.3 Å². The minimum absolute atomic E-state index is 0.193. The number of hydrogen-bond donors (Lipinski definition) is 0. The van der Waals surface area contributed by atoms with Crippen LogP contribution in [-0.4, -0.2) is 24.6 Å². The van der Waals surface area contributed by atoms with Gasteiger partial charge in [0.1, 0.15) is 17.1 Å². The van der Waals surface area contributed by atoms with Crippen LogP contribution in [0.4, 0.5) is 0 Å². The van der Waals surface area contributed by atoms with E-state index >= 15 is 0 Å². The Morgan fingerprint density at radius 1 is 0.574 bits per heavy atom. The van der Waals surface area contributed by atoms with Crippen LogP contribution in [0.3, 0.4) is 0 Å². The van der Waals surface area contributed by atoms with Crippen LogP contribution in [0.2, 0.25) is 0 Å². The molecule has 0 bridgehead atoms. The summed E-state index contributed by atoms with van der Waals surface area (Å²) in [5.74, 6) is 0.0574. The Bertz CT molecular complexity index is 1280. The highest BCUT2D eigenvalue weighted by molar-refractivity contribution is 5.96. The van der Waals surface area contributed by atoms with Gasteiger partial charge < -0.3 is 14.2 Å². The molecule has 0 aliphatic carbocycles. The number of carbonyl (C=O) groups excluding carboxylic acids is 2. The predicted octanol–water partition coefficient (Wildman–Crippen LogP) is 12.2. The van der Waals surface area contributed by atoms with Gasteiger partial charge in [0, 0.05) is 0 Å². The number of para-hydroxylation sites is 1. The van der Waals surface area contributed by atoms with E-state index in [0.29, 0.717) is 5.56 Å². The van der Waals surface area contributed by atoms with Crippen LogP contribution in [0.15, 0.2) is 72.8 Å². The summed E-state index contributed by atoms with van der Waals surface area (Å²) >= 11 is 0. The van der Waals surface area contributed by atoms with Crippen LogP contribution in [0, 0.1) is 0 Å². The molecule has 3 rings (SSSR count). The SMILES string of the molecule is CCCCCCCCCCCCCCCCOc1ccc(-c2ccc(C(=O)Oc3ccccc3C(=O)OC(C)CCCC)cc2)cc1. The van der Waals surface area contributed by atoms with Gasteiger partial charge in [-0.3, -0.25) is 0 Å². The number of carbonyl (C=O) groups is 2. The third kappa shape index (κ3) is 14.8. The Morgan fingerprint density at radius 2 is 1.09 bits per heavy atom. The zero-order valence-electron chi connectivity index (χ0n) is 29.3. The minimum Gasteiger partial charge on any atom is -0.494 e. The van der Waals surface area contributed by atoms with Crippen LogP contribution >= 0.6 is 0 Å². The van der Waals surface area contributed by atoms with E-state index in [1.165, 1.54) is 83.5 Å². The molecule has 0 heterocycles. The first-order valence-corrected chi connectivity index (χ1v) is 18.4. The molecule has 1 atom stereocenters. The van der Waals surface area contributed by atoms with Crippen molar-refractivity contribution >= 4 is 11.9 Å². The van der Waals surface area contributed by atoms with Crippen LogP contribution < -0.4 is 9.47 Å². The molecule has 5 nitrogen and oxygen atoms in total. The molecule has 0 radical (unpaired) electrons. The van der Waals surface area contributed by atoms with Crippen molar-refractivity contribution in [2.75, 3.05) is 6.61 Å². The molecular weight excluding hydrogens is 584 g/mol. The summed E-state index contributed by atoms with van der Waals surface area (Å²) in [6.45, 7) is 7.00. The topological polar surface area (TPSA) is 61.8 Å². The summed E-state index contributed by atoms with van der Waals surface area (Å²) in [5.41, 5.74) is 2.68. The molecular formula is C42H58O5. The Balaban J connectivity index is 1.34. The molecule has 0 spiro atoms. The Kier molecular flexibility index (Phi) is 18.4. The van der Waals surface area contributed by atoms with Crippen molar-refractivity contribution in [3.05, 3.63) is 83.9 Å². The molecule has 256 valence electrons. The van der Waals surface area contributed by atoms with Crippen molar-refractivity contribution in [3.63, 3.8) is 0 Å². The minimum atomic E-state index is -0.525. The second kappa shape index (κ2) is 22.8. The molecule has 5 heteroatoms. The van der Waals surface area contributed by atoms with Crippen molar-refractivity contribution in [2.24, 2.45) is 0 Å². The molecule has 0 aliphatic heterocycles. The van der Waals surface area contributed by atoms with Crippen LogP contribution in [0.1, 0.15) is 151 Å². The summed E-state index contributed by atoms with van der Waals surface area (Å²) in [5, 5.41) is 0. The van der Waals surface area contributed by atoms with E-state index in [1.807, 2.05) is 43.3 Å². The first kappa shape index (κ1) is 37.9. The highest BCUT2D eigenvalue weighted by Crippen LogP contribution is 2.25. The van der Waals surface area contributed by atoms with Crippen LogP contribution in [0.25, 0.3) is 11.1 Å². The number of hydrogen-bond acceptors (Lipinski definition) is 5. The normalized spacial score (nSPS) is 11.6. The van der Waals surface area contributed by atoms with Gasteiger partial charge in [-0.2, -0.15) is 0 Å². The Hall–Kier alpha value is -3.60. The van der Waals surface area contributed by atoms with E-state index in [9.17, 15) is 9.59 Å². The molecule has 3 aromatic carbocycles. The quantitative estimate of drug-likeness (QED) is 0.0553. The van der Waals surface area contributed by atoms with Crippen molar-refractivity contribution in [2.45, 2.75) is 136 Å². The number of rotatable bonds is 24. The molecule has 0 aliphatic rings. The number of ether oxygens (including phenoxy) is 3. The van der Waals surface area contributed by atoms with Crippen molar-refractivity contribution in [3.8, 4) is 22.6 Å². The fourth-order valence-corrected chi connectivity index (χ4v) is 5.71. The summed E-state index contributed by atoms with van der Waals surface area (Å²) in [7, 11) is 0. The van der Waals surface area contributed by atoms with E-state index in [4.69, 9.17) is 14.2 Å². The predicted molar refractivity (Wildman–Crippen MR) is 193 cm³/mol. The van der Waals surface area contributed by atoms with Crippen LogP contribution in [0.5, 0.6) is 11.5 Å². The Labute approximate surface area is 284 Å². The second-order valence-corrected chi connectivity index (χ2v) is 12.8. The summed E-state index contributed by atoms with van der Waals surface area (Å²) in [4.78, 5) is 25.7. The number of benzene rings is 3. The first-order valence-electron chi connectivity index (χ1n) is 18.4. The molecule has 0 N–H and O–H groups in total. The molecule has 1 unspecified atom stereocenters. The van der Waals surface area contributed by atoms with Crippen molar-refractivity contribution in [1.29, 1.82) is 0 Å². The number of unbranched alkanes of at least 4 members (excludes halogenated alkanes) is 14. The average molecular weight is 643 g/mol. The second-order valence-electron chi connectivity index (χ2n) is 12.8. The lowest BCUT2D eigenvalue weighted by Gasteiger charge is -2.14. The smallest absolute Gasteiger partial charge is 0.343 e. The first-order chi connectivity index (χ1) is 23.0. The van der Waals surface area contributed by atoms with E-state index in [1.54, 1.807) is 36.4 Å². The fraction of sp³-hybridized carbons (Fsp3) is 0.524. The maximum absolute atomic E-state index is 12.9. The fourth-order valence-electron chi connectivity index (χ4n) is 5.71. The summed E-state index contributed by atoms with van der Waals surface area (Å²) in [6.07, 6.45) is 21.5. The van der Waals surface area contributed by atoms with Crippen molar-refractivity contribution < 1.29 is 23.8 Å². The lowest BCUT2D eigenvalue weighted by Crippen LogP contribution is -2.17. The van der Waals surface area contributed by atoms with E-state index in [0.717, 1.165) is 49.2 Å². The summed E-state index contributed by atoms with van der Waals surface area (Å²) in [6, 6.07) is 22.1. The maximum atomic E-state index is 12.9. The molecule has 0 saturated heterocycles. The van der Waals surface area contributed by atoms with E-state index in [-0.39, 0.29) is 17.4 Å². The monoisotopic (exact) mass is 642 g/mol. The zero-order chi connectivity index (χ0) is 33.5. The molecule has 0 amide bonds. The zero-order valence-corrected chi connectivity index (χ0v) is 29.3. The van der Waals surface area contributed by atoms with E-state index in [2.05, 4.69) is 13.8 Å². The number of esters is 2. The summed E-state index contributed by atoms with van der Waals surface area (Å²) < 4.78 is 17.2. The van der Waals surface area contributed by atoms with Gasteiger partial charge in [0.2, 0.25) is 0 Å². The molecule has 3 aromatic rings. The van der Waals surface area contributed by atoms with Gasteiger partial charge in [-0.25, -0.2) is 9.59 Å². The highest BCUT2D eigenvalue weighted by Gasteiger charge is 2.19. The van der Waals surface area contributed by atoms with Gasteiger partial charge in [-0.15, -0.1) is 0 Å².